The molecule has 4 heteroatoms. The van der Waals surface area contributed by atoms with Crippen molar-refractivity contribution in [2.24, 2.45) is 5.73 Å². The maximum Gasteiger partial charge on any atom is 0.137 e. The molecule has 0 radical (unpaired) electrons. The van der Waals surface area contributed by atoms with Gasteiger partial charge in [-0.05, 0) is 23.1 Å². The van der Waals surface area contributed by atoms with Gasteiger partial charge in [-0.15, -0.1) is 11.3 Å². The third kappa shape index (κ3) is 2.16. The van der Waals surface area contributed by atoms with Gasteiger partial charge in [0.05, 0.1) is 19.3 Å². The van der Waals surface area contributed by atoms with Crippen LogP contribution < -0.4 is 10.5 Å². The fourth-order valence-corrected chi connectivity index (χ4v) is 2.10. The van der Waals surface area contributed by atoms with E-state index in [2.05, 4.69) is 4.98 Å². The van der Waals surface area contributed by atoms with Gasteiger partial charge in [0.25, 0.3) is 0 Å². The van der Waals surface area contributed by atoms with Gasteiger partial charge in [0.15, 0.2) is 0 Å². The molecule has 2 rings (SSSR count). The first-order valence-corrected chi connectivity index (χ1v) is 5.47. The molecular weight excluding hydrogens is 208 g/mol. The second-order valence-electron chi connectivity index (χ2n) is 3.15. The van der Waals surface area contributed by atoms with E-state index in [1.54, 1.807) is 30.8 Å². The van der Waals surface area contributed by atoms with Crippen molar-refractivity contribution in [1.82, 2.24) is 4.98 Å². The Balaban J connectivity index is 2.29. The van der Waals surface area contributed by atoms with E-state index in [9.17, 15) is 0 Å². The Labute approximate surface area is 92.5 Å². The maximum absolute atomic E-state index is 6.10. The lowest BCUT2D eigenvalue weighted by Crippen LogP contribution is -2.10. The minimum absolute atomic E-state index is 0.118. The standard InChI is InChI=1S/C11H12N2OS/c1-14-9-5-8(6-13-7-9)11(12)10-3-2-4-15-10/h2-7,11H,12H2,1H3. The van der Waals surface area contributed by atoms with Crippen molar-refractivity contribution >= 4 is 11.3 Å². The Morgan fingerprint density at radius 3 is 3.00 bits per heavy atom. The van der Waals surface area contributed by atoms with Crippen LogP contribution in [-0.2, 0) is 0 Å². The molecule has 0 aliphatic carbocycles. The zero-order valence-electron chi connectivity index (χ0n) is 8.38. The predicted molar refractivity (Wildman–Crippen MR) is 61.1 cm³/mol. The number of nitrogens with zero attached hydrogens (tertiary/aromatic N) is 1. The van der Waals surface area contributed by atoms with E-state index in [0.717, 1.165) is 16.2 Å². The van der Waals surface area contributed by atoms with Crippen LogP contribution in [0.1, 0.15) is 16.5 Å². The van der Waals surface area contributed by atoms with Gasteiger partial charge in [-0.25, -0.2) is 0 Å². The SMILES string of the molecule is COc1cncc(C(N)c2cccs2)c1. The lowest BCUT2D eigenvalue weighted by Gasteiger charge is -2.10. The number of hydrogen-bond acceptors (Lipinski definition) is 4. The molecule has 0 saturated heterocycles. The number of thiophene rings is 1. The van der Waals surface area contributed by atoms with Crippen LogP contribution in [0.15, 0.2) is 36.0 Å². The van der Waals surface area contributed by atoms with E-state index < -0.39 is 0 Å². The molecule has 2 N–H and O–H groups in total. The number of nitrogens with two attached hydrogens (primary N) is 1. The highest BCUT2D eigenvalue weighted by atomic mass is 32.1. The summed E-state index contributed by atoms with van der Waals surface area (Å²) >= 11 is 1.65. The van der Waals surface area contributed by atoms with Crippen LogP contribution in [0, 0.1) is 0 Å². The highest BCUT2D eigenvalue weighted by molar-refractivity contribution is 7.10. The molecule has 1 unspecified atom stereocenters. The normalized spacial score (nSPS) is 12.4. The Morgan fingerprint density at radius 2 is 2.33 bits per heavy atom. The second kappa shape index (κ2) is 4.42. The summed E-state index contributed by atoms with van der Waals surface area (Å²) in [6, 6.07) is 5.81. The summed E-state index contributed by atoms with van der Waals surface area (Å²) in [4.78, 5) is 5.22. The summed E-state index contributed by atoms with van der Waals surface area (Å²) in [5.74, 6) is 0.736. The molecule has 0 saturated carbocycles. The van der Waals surface area contributed by atoms with Crippen LogP contribution in [-0.4, -0.2) is 12.1 Å². The van der Waals surface area contributed by atoms with Gasteiger partial charge in [0.2, 0.25) is 0 Å². The minimum Gasteiger partial charge on any atom is -0.495 e. The van der Waals surface area contributed by atoms with Crippen molar-refractivity contribution in [1.29, 1.82) is 0 Å². The van der Waals surface area contributed by atoms with E-state index in [1.165, 1.54) is 0 Å². The fourth-order valence-electron chi connectivity index (χ4n) is 1.35. The average molecular weight is 220 g/mol. The summed E-state index contributed by atoms with van der Waals surface area (Å²) in [6.07, 6.45) is 3.44. The third-order valence-corrected chi connectivity index (χ3v) is 3.13. The summed E-state index contributed by atoms with van der Waals surface area (Å²) < 4.78 is 5.11. The highest BCUT2D eigenvalue weighted by Crippen LogP contribution is 2.25. The molecule has 0 spiro atoms. The van der Waals surface area contributed by atoms with Crippen LogP contribution in [0.5, 0.6) is 5.75 Å². The largest absolute Gasteiger partial charge is 0.495 e. The van der Waals surface area contributed by atoms with Crippen molar-refractivity contribution < 1.29 is 4.74 Å². The Hall–Kier alpha value is -1.39. The van der Waals surface area contributed by atoms with Crippen LogP contribution in [0.25, 0.3) is 0 Å². The molecule has 0 aliphatic rings. The quantitative estimate of drug-likeness (QED) is 0.862. The van der Waals surface area contributed by atoms with Crippen LogP contribution >= 0.6 is 11.3 Å². The molecule has 78 valence electrons. The minimum atomic E-state index is -0.118. The number of ether oxygens (including phenoxy) is 1. The summed E-state index contributed by atoms with van der Waals surface area (Å²) in [7, 11) is 1.62. The zero-order valence-corrected chi connectivity index (χ0v) is 9.20. The number of methoxy groups -OCH3 is 1. The smallest absolute Gasteiger partial charge is 0.137 e. The first-order valence-electron chi connectivity index (χ1n) is 4.59. The van der Waals surface area contributed by atoms with E-state index in [1.807, 2.05) is 23.6 Å². The molecule has 1 atom stereocenters. The van der Waals surface area contributed by atoms with Crippen molar-refractivity contribution in [3.8, 4) is 5.75 Å². The Morgan fingerprint density at radius 1 is 1.47 bits per heavy atom. The fraction of sp³-hybridized carbons (Fsp3) is 0.182. The molecule has 0 aliphatic heterocycles. The lowest BCUT2D eigenvalue weighted by atomic mass is 10.1. The highest BCUT2D eigenvalue weighted by Gasteiger charge is 2.10. The van der Waals surface area contributed by atoms with Gasteiger partial charge < -0.3 is 10.5 Å². The van der Waals surface area contributed by atoms with Crippen molar-refractivity contribution in [2.75, 3.05) is 7.11 Å². The van der Waals surface area contributed by atoms with Gasteiger partial charge in [-0.2, -0.15) is 0 Å². The van der Waals surface area contributed by atoms with E-state index in [4.69, 9.17) is 10.5 Å². The second-order valence-corrected chi connectivity index (χ2v) is 4.13. The first-order chi connectivity index (χ1) is 7.31. The van der Waals surface area contributed by atoms with Crippen molar-refractivity contribution in [2.45, 2.75) is 6.04 Å². The van der Waals surface area contributed by atoms with Gasteiger partial charge in [-0.3, -0.25) is 4.98 Å². The molecule has 15 heavy (non-hydrogen) atoms. The Bertz CT molecular complexity index is 428. The third-order valence-electron chi connectivity index (χ3n) is 2.18. The van der Waals surface area contributed by atoms with Gasteiger partial charge in [-0.1, -0.05) is 6.07 Å². The van der Waals surface area contributed by atoms with E-state index >= 15 is 0 Å². The monoisotopic (exact) mass is 220 g/mol. The zero-order chi connectivity index (χ0) is 10.7. The van der Waals surface area contributed by atoms with Crippen LogP contribution in [0.2, 0.25) is 0 Å². The Kier molecular flexibility index (Phi) is 2.99. The van der Waals surface area contributed by atoms with Crippen molar-refractivity contribution in [3.05, 3.63) is 46.4 Å². The first kappa shape index (κ1) is 10.1. The lowest BCUT2D eigenvalue weighted by molar-refractivity contribution is 0.412. The number of rotatable bonds is 3. The number of hydrogen-bond donors (Lipinski definition) is 1. The number of aromatic nitrogens is 1. The van der Waals surface area contributed by atoms with Gasteiger partial charge >= 0.3 is 0 Å². The van der Waals surface area contributed by atoms with Crippen molar-refractivity contribution in [3.63, 3.8) is 0 Å². The molecule has 0 fully saturated rings. The molecule has 2 aromatic rings. The van der Waals surface area contributed by atoms with E-state index in [-0.39, 0.29) is 6.04 Å². The molecular formula is C11H12N2OS. The van der Waals surface area contributed by atoms with E-state index in [0.29, 0.717) is 0 Å². The molecule has 3 nitrogen and oxygen atoms in total. The summed E-state index contributed by atoms with van der Waals surface area (Å²) in [6.45, 7) is 0. The summed E-state index contributed by atoms with van der Waals surface area (Å²) in [5, 5.41) is 2.02. The average Bonchev–Trinajstić information content (AvgIpc) is 2.81. The summed E-state index contributed by atoms with van der Waals surface area (Å²) in [5.41, 5.74) is 7.07. The molecule has 0 bridgehead atoms. The molecule has 2 aromatic heterocycles. The van der Waals surface area contributed by atoms with Crippen LogP contribution in [0.3, 0.4) is 0 Å². The van der Waals surface area contributed by atoms with Gasteiger partial charge in [0, 0.05) is 11.1 Å². The predicted octanol–water partition coefficient (Wildman–Crippen LogP) is 2.20. The molecule has 0 amide bonds. The number of pyridine rings is 1. The maximum atomic E-state index is 6.10. The van der Waals surface area contributed by atoms with Crippen LogP contribution in [0.4, 0.5) is 0 Å². The van der Waals surface area contributed by atoms with Gasteiger partial charge in [0.1, 0.15) is 5.75 Å². The molecule has 2 heterocycles. The molecule has 0 aromatic carbocycles. The topological polar surface area (TPSA) is 48.1 Å².